The number of nitrogens with zero attached hydrogens (tertiary/aromatic N) is 3. The van der Waals surface area contributed by atoms with Crippen LogP contribution in [0, 0.1) is 5.92 Å². The van der Waals surface area contributed by atoms with Gasteiger partial charge in [-0.3, -0.25) is 4.98 Å². The van der Waals surface area contributed by atoms with Gasteiger partial charge in [0.25, 0.3) is 0 Å². The van der Waals surface area contributed by atoms with Gasteiger partial charge in [-0.2, -0.15) is 4.98 Å². The van der Waals surface area contributed by atoms with Crippen LogP contribution < -0.4 is 5.73 Å². The highest BCUT2D eigenvalue weighted by Crippen LogP contribution is 2.09. The van der Waals surface area contributed by atoms with Gasteiger partial charge in [-0.05, 0) is 23.6 Å². The van der Waals surface area contributed by atoms with Crippen LogP contribution in [0.15, 0.2) is 29.0 Å². The minimum atomic E-state index is 0.0548. The van der Waals surface area contributed by atoms with Gasteiger partial charge in [-0.25, -0.2) is 0 Å². The highest BCUT2D eigenvalue weighted by molar-refractivity contribution is 5.14. The van der Waals surface area contributed by atoms with Crippen molar-refractivity contribution in [1.82, 2.24) is 15.1 Å². The monoisotopic (exact) mass is 246 g/mol. The third-order valence-electron chi connectivity index (χ3n) is 2.89. The van der Waals surface area contributed by atoms with Crippen LogP contribution in [0.5, 0.6) is 0 Å². The summed E-state index contributed by atoms with van der Waals surface area (Å²) >= 11 is 0. The molecule has 0 aromatic carbocycles. The molecule has 0 saturated heterocycles. The lowest BCUT2D eigenvalue weighted by Crippen LogP contribution is -2.28. The Morgan fingerprint density at radius 2 is 2.00 bits per heavy atom. The molecule has 0 aliphatic rings. The maximum atomic E-state index is 5.97. The van der Waals surface area contributed by atoms with Gasteiger partial charge in [-0.15, -0.1) is 0 Å². The summed E-state index contributed by atoms with van der Waals surface area (Å²) in [6.45, 7) is 4.16. The Kier molecular flexibility index (Phi) is 4.04. The molecule has 2 N–H and O–H groups in total. The lowest BCUT2D eigenvalue weighted by molar-refractivity contribution is 0.350. The van der Waals surface area contributed by atoms with E-state index in [0.29, 0.717) is 30.5 Å². The summed E-state index contributed by atoms with van der Waals surface area (Å²) in [6, 6.07) is 3.94. The van der Waals surface area contributed by atoms with Crippen molar-refractivity contribution in [3.05, 3.63) is 41.8 Å². The molecule has 1 atom stereocenters. The highest BCUT2D eigenvalue weighted by Gasteiger charge is 2.14. The third kappa shape index (κ3) is 3.37. The molecular weight excluding hydrogens is 228 g/mol. The van der Waals surface area contributed by atoms with Gasteiger partial charge < -0.3 is 10.3 Å². The first kappa shape index (κ1) is 12.7. The lowest BCUT2D eigenvalue weighted by Gasteiger charge is -2.11. The first-order valence-corrected chi connectivity index (χ1v) is 6.11. The standard InChI is InChI=1S/C13H18N4O/c1-9(2)11(14)8-13-16-12(17-18-13)7-10-3-5-15-6-4-10/h3-6,9,11H,7-8,14H2,1-2H3. The molecular formula is C13H18N4O. The second-order valence-electron chi connectivity index (χ2n) is 4.75. The number of aromatic nitrogens is 3. The molecule has 0 radical (unpaired) electrons. The van der Waals surface area contributed by atoms with E-state index in [1.54, 1.807) is 12.4 Å². The molecule has 0 spiro atoms. The first-order valence-electron chi connectivity index (χ1n) is 6.11. The Balaban J connectivity index is 1.98. The van der Waals surface area contributed by atoms with Crippen LogP contribution in [0.3, 0.4) is 0 Å². The van der Waals surface area contributed by atoms with E-state index in [0.717, 1.165) is 5.56 Å². The molecule has 2 aromatic heterocycles. The van der Waals surface area contributed by atoms with E-state index in [1.165, 1.54) is 0 Å². The molecule has 2 rings (SSSR count). The van der Waals surface area contributed by atoms with Gasteiger partial charge in [-0.1, -0.05) is 19.0 Å². The number of pyridine rings is 1. The summed E-state index contributed by atoms with van der Waals surface area (Å²) in [5, 5.41) is 3.96. The van der Waals surface area contributed by atoms with Crippen LogP contribution in [0.2, 0.25) is 0 Å². The molecule has 0 aliphatic carbocycles. The van der Waals surface area contributed by atoms with E-state index < -0.39 is 0 Å². The lowest BCUT2D eigenvalue weighted by atomic mass is 10.0. The van der Waals surface area contributed by atoms with E-state index in [9.17, 15) is 0 Å². The largest absolute Gasteiger partial charge is 0.339 e. The van der Waals surface area contributed by atoms with Gasteiger partial charge in [0.15, 0.2) is 5.82 Å². The molecule has 0 aliphatic heterocycles. The predicted octanol–water partition coefficient (Wildman–Crippen LogP) is 1.58. The third-order valence-corrected chi connectivity index (χ3v) is 2.89. The maximum absolute atomic E-state index is 5.97. The number of hydrogen-bond acceptors (Lipinski definition) is 5. The predicted molar refractivity (Wildman–Crippen MR) is 67.9 cm³/mol. The van der Waals surface area contributed by atoms with Gasteiger partial charge in [0.1, 0.15) is 0 Å². The fourth-order valence-electron chi connectivity index (χ4n) is 1.57. The van der Waals surface area contributed by atoms with Crippen molar-refractivity contribution in [1.29, 1.82) is 0 Å². The second kappa shape index (κ2) is 5.73. The molecule has 5 heteroatoms. The van der Waals surface area contributed by atoms with Crippen LogP contribution in [0.4, 0.5) is 0 Å². The molecule has 5 nitrogen and oxygen atoms in total. The SMILES string of the molecule is CC(C)C(N)Cc1nc(Cc2ccncc2)no1. The van der Waals surface area contributed by atoms with Gasteiger partial charge in [0, 0.05) is 31.3 Å². The van der Waals surface area contributed by atoms with Crippen molar-refractivity contribution in [2.24, 2.45) is 11.7 Å². The first-order chi connectivity index (χ1) is 8.65. The van der Waals surface area contributed by atoms with E-state index in [2.05, 4.69) is 29.0 Å². The number of nitrogens with two attached hydrogens (primary N) is 1. The van der Waals surface area contributed by atoms with Crippen LogP contribution >= 0.6 is 0 Å². The van der Waals surface area contributed by atoms with Crippen molar-refractivity contribution < 1.29 is 4.52 Å². The van der Waals surface area contributed by atoms with Gasteiger partial charge >= 0.3 is 0 Å². The normalized spacial score (nSPS) is 12.9. The van der Waals surface area contributed by atoms with Crippen LogP contribution in [-0.4, -0.2) is 21.2 Å². The minimum Gasteiger partial charge on any atom is -0.339 e. The summed E-state index contributed by atoms with van der Waals surface area (Å²) in [4.78, 5) is 8.32. The zero-order valence-corrected chi connectivity index (χ0v) is 10.7. The molecule has 96 valence electrons. The summed E-state index contributed by atoms with van der Waals surface area (Å²) in [5.74, 6) is 1.70. The molecule has 2 heterocycles. The summed E-state index contributed by atoms with van der Waals surface area (Å²) < 4.78 is 5.20. The van der Waals surface area contributed by atoms with Crippen molar-refractivity contribution >= 4 is 0 Å². The second-order valence-corrected chi connectivity index (χ2v) is 4.75. The molecule has 0 saturated carbocycles. The van der Waals surface area contributed by atoms with Crippen molar-refractivity contribution in [2.45, 2.75) is 32.7 Å². The summed E-state index contributed by atoms with van der Waals surface area (Å²) in [5.41, 5.74) is 7.09. The smallest absolute Gasteiger partial charge is 0.228 e. The molecule has 0 bridgehead atoms. The zero-order chi connectivity index (χ0) is 13.0. The molecule has 2 aromatic rings. The number of rotatable bonds is 5. The molecule has 1 unspecified atom stereocenters. The fourth-order valence-corrected chi connectivity index (χ4v) is 1.57. The quantitative estimate of drug-likeness (QED) is 0.866. The topological polar surface area (TPSA) is 77.8 Å². The molecule has 0 amide bonds. The average molecular weight is 246 g/mol. The van der Waals surface area contributed by atoms with Crippen molar-refractivity contribution in [3.8, 4) is 0 Å². The van der Waals surface area contributed by atoms with Crippen LogP contribution in [-0.2, 0) is 12.8 Å². The summed E-state index contributed by atoms with van der Waals surface area (Å²) in [7, 11) is 0. The average Bonchev–Trinajstić information content (AvgIpc) is 2.77. The highest BCUT2D eigenvalue weighted by atomic mass is 16.5. The summed E-state index contributed by atoms with van der Waals surface area (Å²) in [6.07, 6.45) is 4.79. The number of hydrogen-bond donors (Lipinski definition) is 1. The Morgan fingerprint density at radius 3 is 2.67 bits per heavy atom. The van der Waals surface area contributed by atoms with Crippen LogP contribution in [0.25, 0.3) is 0 Å². The van der Waals surface area contributed by atoms with Gasteiger partial charge in [0.2, 0.25) is 5.89 Å². The zero-order valence-electron chi connectivity index (χ0n) is 10.7. The molecule has 18 heavy (non-hydrogen) atoms. The van der Waals surface area contributed by atoms with E-state index in [-0.39, 0.29) is 6.04 Å². The Bertz CT molecular complexity index is 481. The maximum Gasteiger partial charge on any atom is 0.228 e. The molecule has 0 fully saturated rings. The Hall–Kier alpha value is -1.75. The van der Waals surface area contributed by atoms with Crippen molar-refractivity contribution in [3.63, 3.8) is 0 Å². The van der Waals surface area contributed by atoms with Gasteiger partial charge in [0.05, 0.1) is 0 Å². The van der Waals surface area contributed by atoms with E-state index in [4.69, 9.17) is 10.3 Å². The van der Waals surface area contributed by atoms with Crippen molar-refractivity contribution in [2.75, 3.05) is 0 Å². The fraction of sp³-hybridized carbons (Fsp3) is 0.462. The Morgan fingerprint density at radius 1 is 1.28 bits per heavy atom. The van der Waals surface area contributed by atoms with E-state index in [1.807, 2.05) is 12.1 Å². The van der Waals surface area contributed by atoms with E-state index >= 15 is 0 Å². The minimum absolute atomic E-state index is 0.0548. The Labute approximate surface area is 106 Å². The van der Waals surface area contributed by atoms with Crippen LogP contribution in [0.1, 0.15) is 31.1 Å².